The van der Waals surface area contributed by atoms with Gasteiger partial charge in [-0.25, -0.2) is 9.78 Å². The second kappa shape index (κ2) is 7.39. The molecule has 0 saturated heterocycles. The number of hydrogen-bond donors (Lipinski definition) is 2. The molecule has 2 aromatic heterocycles. The molecule has 0 aliphatic carbocycles. The maximum atomic E-state index is 12.6. The molecule has 0 bridgehead atoms. The Morgan fingerprint density at radius 2 is 2.04 bits per heavy atom. The Morgan fingerprint density at radius 1 is 1.36 bits per heavy atom. The number of carbonyl (C=O) groups is 2. The number of aliphatic carboxylic acids is 1. The van der Waals surface area contributed by atoms with Gasteiger partial charge in [-0.2, -0.15) is 0 Å². The molecule has 0 saturated carbocycles. The lowest BCUT2D eigenvalue weighted by atomic mass is 9.88. The van der Waals surface area contributed by atoms with Gasteiger partial charge in [0.25, 0.3) is 5.91 Å². The Morgan fingerprint density at radius 3 is 2.56 bits per heavy atom. The zero-order valence-electron chi connectivity index (χ0n) is 15.3. The predicted octanol–water partition coefficient (Wildman–Crippen LogP) is 3.56. The van der Waals surface area contributed by atoms with Gasteiger partial charge in [0.1, 0.15) is 6.04 Å². The second-order valence-corrected chi connectivity index (χ2v) is 8.27. The third-order valence-corrected chi connectivity index (χ3v) is 4.83. The Labute approximate surface area is 151 Å². The van der Waals surface area contributed by atoms with Crippen molar-refractivity contribution in [1.82, 2.24) is 14.9 Å². The monoisotopic (exact) mass is 363 g/mol. The number of nitrogens with zero attached hydrogens (tertiary/aromatic N) is 2. The van der Waals surface area contributed by atoms with E-state index in [4.69, 9.17) is 0 Å². The lowest BCUT2D eigenvalue weighted by molar-refractivity contribution is -0.139. The van der Waals surface area contributed by atoms with Crippen LogP contribution in [0.2, 0.25) is 0 Å². The number of aryl methyl sites for hydroxylation is 1. The van der Waals surface area contributed by atoms with Crippen molar-refractivity contribution >= 4 is 23.2 Å². The summed E-state index contributed by atoms with van der Waals surface area (Å²) in [5.41, 5.74) is 2.14. The summed E-state index contributed by atoms with van der Waals surface area (Å²) in [4.78, 5) is 28.4. The standard InChI is InChI=1S/C18H25N3O3S/c1-11-10-13(12(2)21(11)17-19-8-9-25-17)15(22)20-14(16(23)24)6-7-18(3,4)5/h8-10,14H,6-7H2,1-5H3,(H,20,22)(H,23,24). The summed E-state index contributed by atoms with van der Waals surface area (Å²) in [6.45, 7) is 9.90. The first-order chi connectivity index (χ1) is 11.6. The summed E-state index contributed by atoms with van der Waals surface area (Å²) < 4.78 is 1.91. The molecule has 0 spiro atoms. The van der Waals surface area contributed by atoms with Crippen LogP contribution in [-0.4, -0.2) is 32.6 Å². The first-order valence-corrected chi connectivity index (χ1v) is 9.10. The van der Waals surface area contributed by atoms with E-state index in [0.717, 1.165) is 16.5 Å². The lowest BCUT2D eigenvalue weighted by Crippen LogP contribution is -2.41. The maximum absolute atomic E-state index is 12.6. The molecule has 1 amide bonds. The predicted molar refractivity (Wildman–Crippen MR) is 98.5 cm³/mol. The van der Waals surface area contributed by atoms with Crippen molar-refractivity contribution in [2.45, 2.75) is 53.5 Å². The molecule has 2 heterocycles. The summed E-state index contributed by atoms with van der Waals surface area (Å²) in [7, 11) is 0. The molecule has 0 fully saturated rings. The van der Waals surface area contributed by atoms with E-state index in [1.54, 1.807) is 12.3 Å². The fourth-order valence-electron chi connectivity index (χ4n) is 2.68. The van der Waals surface area contributed by atoms with Gasteiger partial charge in [-0.05, 0) is 38.2 Å². The van der Waals surface area contributed by atoms with E-state index in [1.165, 1.54) is 11.3 Å². The van der Waals surface area contributed by atoms with Crippen LogP contribution in [0.15, 0.2) is 17.6 Å². The second-order valence-electron chi connectivity index (χ2n) is 7.40. The number of carbonyl (C=O) groups excluding carboxylic acids is 1. The molecule has 0 aliphatic heterocycles. The number of amides is 1. The van der Waals surface area contributed by atoms with Crippen LogP contribution in [-0.2, 0) is 4.79 Å². The topological polar surface area (TPSA) is 84.2 Å². The molecule has 136 valence electrons. The number of rotatable bonds is 6. The van der Waals surface area contributed by atoms with Crippen molar-refractivity contribution in [3.8, 4) is 5.13 Å². The minimum absolute atomic E-state index is 0.0130. The Balaban J connectivity index is 2.20. The van der Waals surface area contributed by atoms with E-state index < -0.39 is 12.0 Å². The van der Waals surface area contributed by atoms with Crippen LogP contribution in [0.25, 0.3) is 5.13 Å². The van der Waals surface area contributed by atoms with Gasteiger partial charge in [0.05, 0.1) is 5.56 Å². The van der Waals surface area contributed by atoms with Gasteiger partial charge in [-0.15, -0.1) is 11.3 Å². The van der Waals surface area contributed by atoms with E-state index in [2.05, 4.69) is 31.1 Å². The zero-order valence-corrected chi connectivity index (χ0v) is 16.1. The molecule has 0 aromatic carbocycles. The average molecular weight is 363 g/mol. The number of thiazole rings is 1. The third kappa shape index (κ3) is 4.69. The highest BCUT2D eigenvalue weighted by molar-refractivity contribution is 7.12. The summed E-state index contributed by atoms with van der Waals surface area (Å²) in [5.74, 6) is -1.37. The fourth-order valence-corrected chi connectivity index (χ4v) is 3.44. The number of aromatic nitrogens is 2. The van der Waals surface area contributed by atoms with Crippen molar-refractivity contribution in [3.05, 3.63) is 34.6 Å². The first-order valence-electron chi connectivity index (χ1n) is 8.22. The van der Waals surface area contributed by atoms with Gasteiger partial charge >= 0.3 is 5.97 Å². The highest BCUT2D eigenvalue weighted by atomic mass is 32.1. The van der Waals surface area contributed by atoms with Crippen LogP contribution in [0, 0.1) is 19.3 Å². The molecule has 6 nitrogen and oxygen atoms in total. The summed E-state index contributed by atoms with van der Waals surface area (Å²) in [6, 6.07) is 0.879. The average Bonchev–Trinajstić information content (AvgIpc) is 3.10. The van der Waals surface area contributed by atoms with Crippen molar-refractivity contribution in [1.29, 1.82) is 0 Å². The van der Waals surface area contributed by atoms with E-state index >= 15 is 0 Å². The summed E-state index contributed by atoms with van der Waals surface area (Å²) >= 11 is 1.49. The number of carboxylic acids is 1. The van der Waals surface area contributed by atoms with Gasteiger partial charge in [-0.1, -0.05) is 20.8 Å². The van der Waals surface area contributed by atoms with Gasteiger partial charge in [0.15, 0.2) is 5.13 Å². The smallest absolute Gasteiger partial charge is 0.326 e. The van der Waals surface area contributed by atoms with Crippen LogP contribution in [0.5, 0.6) is 0 Å². The third-order valence-electron chi connectivity index (χ3n) is 4.07. The highest BCUT2D eigenvalue weighted by Crippen LogP contribution is 2.24. The van der Waals surface area contributed by atoms with E-state index in [1.807, 2.05) is 23.8 Å². The van der Waals surface area contributed by atoms with E-state index in [9.17, 15) is 14.7 Å². The van der Waals surface area contributed by atoms with E-state index in [0.29, 0.717) is 18.4 Å². The molecule has 1 unspecified atom stereocenters. The van der Waals surface area contributed by atoms with Crippen molar-refractivity contribution in [3.63, 3.8) is 0 Å². The van der Waals surface area contributed by atoms with Crippen LogP contribution in [0.4, 0.5) is 0 Å². The normalized spacial score (nSPS) is 12.8. The van der Waals surface area contributed by atoms with Crippen molar-refractivity contribution < 1.29 is 14.7 Å². The van der Waals surface area contributed by atoms with E-state index in [-0.39, 0.29) is 11.3 Å². The summed E-state index contributed by atoms with van der Waals surface area (Å²) in [6.07, 6.45) is 2.82. The van der Waals surface area contributed by atoms with Crippen molar-refractivity contribution in [2.24, 2.45) is 5.41 Å². The minimum Gasteiger partial charge on any atom is -0.480 e. The Kier molecular flexibility index (Phi) is 5.67. The van der Waals surface area contributed by atoms with Gasteiger partial charge in [0, 0.05) is 23.0 Å². The molecule has 1 atom stereocenters. The number of hydrogen-bond acceptors (Lipinski definition) is 4. The van der Waals surface area contributed by atoms with Crippen LogP contribution in [0.3, 0.4) is 0 Å². The maximum Gasteiger partial charge on any atom is 0.326 e. The molecule has 0 aliphatic rings. The number of nitrogens with one attached hydrogen (secondary N) is 1. The molecule has 2 aromatic rings. The Bertz CT molecular complexity index is 757. The molecule has 25 heavy (non-hydrogen) atoms. The lowest BCUT2D eigenvalue weighted by Gasteiger charge is -2.21. The molecule has 2 rings (SSSR count). The molecular weight excluding hydrogens is 338 g/mol. The molecule has 2 N–H and O–H groups in total. The SMILES string of the molecule is Cc1cc(C(=O)NC(CCC(C)(C)C)C(=O)O)c(C)n1-c1nccs1. The largest absolute Gasteiger partial charge is 0.480 e. The molecule has 7 heteroatoms. The molecule has 0 radical (unpaired) electrons. The van der Waals surface area contributed by atoms with Gasteiger partial charge < -0.3 is 10.4 Å². The van der Waals surface area contributed by atoms with Crippen molar-refractivity contribution in [2.75, 3.05) is 0 Å². The van der Waals surface area contributed by atoms with Gasteiger partial charge in [-0.3, -0.25) is 9.36 Å². The first kappa shape index (κ1) is 19.2. The zero-order chi connectivity index (χ0) is 18.8. The van der Waals surface area contributed by atoms with Gasteiger partial charge in [0.2, 0.25) is 0 Å². The van der Waals surface area contributed by atoms with Crippen LogP contribution >= 0.6 is 11.3 Å². The van der Waals surface area contributed by atoms with Crippen LogP contribution < -0.4 is 5.32 Å². The fraction of sp³-hybridized carbons (Fsp3) is 0.500. The molecular formula is C18H25N3O3S. The van der Waals surface area contributed by atoms with Crippen LogP contribution in [0.1, 0.15) is 55.4 Å². The Hall–Kier alpha value is -2.15. The summed E-state index contributed by atoms with van der Waals surface area (Å²) in [5, 5.41) is 14.7. The quantitative estimate of drug-likeness (QED) is 0.822. The highest BCUT2D eigenvalue weighted by Gasteiger charge is 2.25. The number of carboxylic acid groups (broad SMARTS) is 1. The minimum atomic E-state index is -1.01.